The maximum Gasteiger partial charge on any atom is 0.417 e. The summed E-state index contributed by atoms with van der Waals surface area (Å²) in [7, 11) is 0. The SMILES string of the molecule is CC(C)OC(C(N)=O)C1CCC(CCN2CCN(c3cccc(C(F)(F)F)c3C#N)CC2)CC1. The molecule has 1 aromatic rings. The summed E-state index contributed by atoms with van der Waals surface area (Å²) < 4.78 is 45.6. The Balaban J connectivity index is 1.47. The molecule has 3 rings (SSSR count). The zero-order valence-electron chi connectivity index (χ0n) is 20.0. The van der Waals surface area contributed by atoms with Crippen molar-refractivity contribution < 1.29 is 22.7 Å². The molecule has 2 N–H and O–H groups in total. The smallest absolute Gasteiger partial charge is 0.368 e. The lowest BCUT2D eigenvalue weighted by Gasteiger charge is -2.38. The van der Waals surface area contributed by atoms with Crippen LogP contribution in [0, 0.1) is 23.2 Å². The topological polar surface area (TPSA) is 82.6 Å². The third-order valence-electron chi connectivity index (χ3n) is 7.04. The molecule has 1 atom stereocenters. The van der Waals surface area contributed by atoms with Crippen LogP contribution in [-0.4, -0.2) is 55.7 Å². The lowest BCUT2D eigenvalue weighted by molar-refractivity contribution is -0.138. The summed E-state index contributed by atoms with van der Waals surface area (Å²) in [4.78, 5) is 16.0. The second-order valence-corrected chi connectivity index (χ2v) is 9.72. The highest BCUT2D eigenvalue weighted by molar-refractivity contribution is 5.79. The Hall–Kier alpha value is -2.31. The monoisotopic (exact) mass is 480 g/mol. The lowest BCUT2D eigenvalue weighted by atomic mass is 9.78. The molecule has 1 saturated carbocycles. The number of anilines is 1. The molecule has 0 bridgehead atoms. The highest BCUT2D eigenvalue weighted by atomic mass is 19.4. The van der Waals surface area contributed by atoms with Gasteiger partial charge in [0.05, 0.1) is 22.9 Å². The average molecular weight is 481 g/mol. The number of nitrogens with zero attached hydrogens (tertiary/aromatic N) is 3. The minimum absolute atomic E-state index is 0.0333. The van der Waals surface area contributed by atoms with Gasteiger partial charge in [-0.3, -0.25) is 9.69 Å². The van der Waals surface area contributed by atoms with Gasteiger partial charge in [-0.2, -0.15) is 18.4 Å². The Morgan fingerprint density at radius 2 is 1.82 bits per heavy atom. The number of rotatable bonds is 8. The van der Waals surface area contributed by atoms with Crippen LogP contribution in [0.5, 0.6) is 0 Å². The largest absolute Gasteiger partial charge is 0.417 e. The number of halogens is 3. The molecule has 0 radical (unpaired) electrons. The van der Waals surface area contributed by atoms with E-state index in [2.05, 4.69) is 4.90 Å². The predicted molar refractivity (Wildman–Crippen MR) is 124 cm³/mol. The van der Waals surface area contributed by atoms with Crippen LogP contribution >= 0.6 is 0 Å². The second-order valence-electron chi connectivity index (χ2n) is 9.72. The van der Waals surface area contributed by atoms with Crippen molar-refractivity contribution in [1.82, 2.24) is 4.90 Å². The van der Waals surface area contributed by atoms with Crippen LogP contribution in [0.4, 0.5) is 18.9 Å². The van der Waals surface area contributed by atoms with E-state index in [1.165, 1.54) is 6.07 Å². The van der Waals surface area contributed by atoms with Gasteiger partial charge in [0.1, 0.15) is 12.2 Å². The molecule has 34 heavy (non-hydrogen) atoms. The fraction of sp³-hybridized carbons (Fsp3) is 0.680. The fourth-order valence-corrected chi connectivity index (χ4v) is 5.22. The Labute approximate surface area is 199 Å². The number of hydrogen-bond acceptors (Lipinski definition) is 5. The number of hydrogen-bond donors (Lipinski definition) is 1. The highest BCUT2D eigenvalue weighted by Gasteiger charge is 2.36. The summed E-state index contributed by atoms with van der Waals surface area (Å²) in [5.74, 6) is 0.396. The van der Waals surface area contributed by atoms with Crippen LogP contribution in [0.1, 0.15) is 57.1 Å². The maximum absolute atomic E-state index is 13.3. The number of benzene rings is 1. The van der Waals surface area contributed by atoms with Crippen molar-refractivity contribution >= 4 is 11.6 Å². The summed E-state index contributed by atoms with van der Waals surface area (Å²) >= 11 is 0. The third kappa shape index (κ3) is 6.63. The van der Waals surface area contributed by atoms with E-state index in [4.69, 9.17) is 10.5 Å². The standard InChI is InChI=1S/C25H35F3N4O2/c1-17(2)34-23(24(30)33)19-8-6-18(7-9-19)10-11-31-12-14-32(15-13-31)22-5-3-4-21(20(22)16-29)25(26,27)28/h3-5,17-19,23H,6-15H2,1-2H3,(H2,30,33). The van der Waals surface area contributed by atoms with Gasteiger partial charge in [0.25, 0.3) is 0 Å². The summed E-state index contributed by atoms with van der Waals surface area (Å²) in [5.41, 5.74) is 4.76. The molecule has 0 spiro atoms. The van der Waals surface area contributed by atoms with Gasteiger partial charge in [0.15, 0.2) is 0 Å². The average Bonchev–Trinajstić information content (AvgIpc) is 2.80. The molecular formula is C25H35F3N4O2. The first-order valence-electron chi connectivity index (χ1n) is 12.1. The summed E-state index contributed by atoms with van der Waals surface area (Å²) in [5, 5.41) is 9.38. The normalized spacial score (nSPS) is 23.0. The first-order valence-corrected chi connectivity index (χ1v) is 12.1. The number of piperazine rings is 1. The Bertz CT molecular complexity index is 868. The summed E-state index contributed by atoms with van der Waals surface area (Å²) in [6.45, 7) is 7.46. The quantitative estimate of drug-likeness (QED) is 0.604. The van der Waals surface area contributed by atoms with Gasteiger partial charge in [-0.25, -0.2) is 0 Å². The van der Waals surface area contributed by atoms with E-state index in [-0.39, 0.29) is 23.5 Å². The van der Waals surface area contributed by atoms with Crippen molar-refractivity contribution in [1.29, 1.82) is 5.26 Å². The van der Waals surface area contributed by atoms with Crippen molar-refractivity contribution in [3.63, 3.8) is 0 Å². The van der Waals surface area contributed by atoms with Crippen molar-refractivity contribution in [2.75, 3.05) is 37.6 Å². The first-order chi connectivity index (χ1) is 16.1. The van der Waals surface area contributed by atoms with Crippen LogP contribution in [0.25, 0.3) is 0 Å². The van der Waals surface area contributed by atoms with E-state index < -0.39 is 17.8 Å². The van der Waals surface area contributed by atoms with Crippen molar-refractivity contribution in [2.45, 2.75) is 64.3 Å². The molecule has 188 valence electrons. The molecule has 6 nitrogen and oxygen atoms in total. The van der Waals surface area contributed by atoms with Crippen LogP contribution in [0.2, 0.25) is 0 Å². The fourth-order valence-electron chi connectivity index (χ4n) is 5.22. The predicted octanol–water partition coefficient (Wildman–Crippen LogP) is 4.17. The minimum atomic E-state index is -4.54. The molecule has 1 amide bonds. The van der Waals surface area contributed by atoms with Crippen LogP contribution in [-0.2, 0) is 15.7 Å². The molecule has 1 unspecified atom stereocenters. The number of nitrogens with two attached hydrogens (primary N) is 1. The lowest BCUT2D eigenvalue weighted by Crippen LogP contribution is -2.47. The van der Waals surface area contributed by atoms with Gasteiger partial charge in [-0.05, 0) is 63.6 Å². The Morgan fingerprint density at radius 3 is 2.35 bits per heavy atom. The summed E-state index contributed by atoms with van der Waals surface area (Å²) in [6, 6.07) is 5.70. The van der Waals surface area contributed by atoms with Gasteiger partial charge in [-0.15, -0.1) is 0 Å². The van der Waals surface area contributed by atoms with Gasteiger partial charge >= 0.3 is 6.18 Å². The summed E-state index contributed by atoms with van der Waals surface area (Å²) in [6.07, 6.45) is -0.0581. The molecule has 1 aromatic carbocycles. The zero-order chi connectivity index (χ0) is 24.9. The van der Waals surface area contributed by atoms with E-state index in [0.29, 0.717) is 24.7 Å². The third-order valence-corrected chi connectivity index (χ3v) is 7.04. The minimum Gasteiger partial charge on any atom is -0.368 e. The number of amides is 1. The van der Waals surface area contributed by atoms with Crippen molar-refractivity contribution in [2.24, 2.45) is 17.6 Å². The van der Waals surface area contributed by atoms with E-state index in [0.717, 1.165) is 57.8 Å². The number of alkyl halides is 3. The molecule has 0 aromatic heterocycles. The maximum atomic E-state index is 13.3. The zero-order valence-corrected chi connectivity index (χ0v) is 20.0. The molecule has 1 aliphatic heterocycles. The molecule has 2 aliphatic rings. The van der Waals surface area contributed by atoms with Gasteiger partial charge < -0.3 is 15.4 Å². The van der Waals surface area contributed by atoms with E-state index in [9.17, 15) is 23.2 Å². The highest BCUT2D eigenvalue weighted by Crippen LogP contribution is 2.37. The molecule has 1 aliphatic carbocycles. The molecular weight excluding hydrogens is 445 g/mol. The number of nitriles is 1. The molecule has 1 saturated heterocycles. The van der Waals surface area contributed by atoms with Crippen molar-refractivity contribution in [3.8, 4) is 6.07 Å². The van der Waals surface area contributed by atoms with Crippen molar-refractivity contribution in [3.05, 3.63) is 29.3 Å². The van der Waals surface area contributed by atoms with Crippen LogP contribution in [0.15, 0.2) is 18.2 Å². The number of carbonyl (C=O) groups excluding carboxylic acids is 1. The van der Waals surface area contributed by atoms with Gasteiger partial charge in [0.2, 0.25) is 5.91 Å². The van der Waals surface area contributed by atoms with Crippen LogP contribution < -0.4 is 10.6 Å². The number of primary amides is 1. The van der Waals surface area contributed by atoms with E-state index in [1.54, 1.807) is 12.1 Å². The van der Waals surface area contributed by atoms with E-state index in [1.807, 2.05) is 18.7 Å². The second kappa shape index (κ2) is 11.4. The van der Waals surface area contributed by atoms with Crippen LogP contribution in [0.3, 0.4) is 0 Å². The van der Waals surface area contributed by atoms with Gasteiger partial charge in [-0.1, -0.05) is 18.9 Å². The Kier molecular flexibility index (Phi) is 8.83. The molecule has 2 fully saturated rings. The Morgan fingerprint density at radius 1 is 1.18 bits per heavy atom. The van der Waals surface area contributed by atoms with E-state index >= 15 is 0 Å². The molecule has 9 heteroatoms. The molecule has 1 heterocycles. The number of ether oxygens (including phenoxy) is 1. The van der Waals surface area contributed by atoms with Gasteiger partial charge in [0, 0.05) is 26.2 Å². The first kappa shape index (κ1) is 26.3. The number of carbonyl (C=O) groups is 1.